The van der Waals surface area contributed by atoms with Crippen molar-refractivity contribution in [2.24, 2.45) is 5.92 Å². The van der Waals surface area contributed by atoms with E-state index in [1.807, 2.05) is 0 Å². The lowest BCUT2D eigenvalue weighted by molar-refractivity contribution is 0.298. The highest BCUT2D eigenvalue weighted by molar-refractivity contribution is 8.13. The highest BCUT2D eigenvalue weighted by atomic mass is 35.7. The van der Waals surface area contributed by atoms with Crippen molar-refractivity contribution in [1.29, 1.82) is 0 Å². The Morgan fingerprint density at radius 2 is 1.74 bits per heavy atom. The summed E-state index contributed by atoms with van der Waals surface area (Å²) >= 11 is 11.9. The Kier molecular flexibility index (Phi) is 6.24. The van der Waals surface area contributed by atoms with Gasteiger partial charge >= 0.3 is 0 Å². The van der Waals surface area contributed by atoms with Crippen molar-refractivity contribution in [3.05, 3.63) is 22.2 Å². The van der Waals surface area contributed by atoms with Crippen LogP contribution in [-0.2, 0) is 9.05 Å². The van der Waals surface area contributed by atoms with Gasteiger partial charge < -0.3 is 4.74 Å². The number of hydrogen-bond acceptors (Lipinski definition) is 3. The molecule has 19 heavy (non-hydrogen) atoms. The van der Waals surface area contributed by atoms with Crippen LogP contribution in [0.5, 0.6) is 5.75 Å². The van der Waals surface area contributed by atoms with E-state index in [4.69, 9.17) is 38.6 Å². The van der Waals surface area contributed by atoms with Crippen molar-refractivity contribution < 1.29 is 13.2 Å². The molecule has 0 aliphatic rings. The first-order valence-electron chi connectivity index (χ1n) is 5.78. The minimum atomic E-state index is -3.85. The van der Waals surface area contributed by atoms with Gasteiger partial charge in [-0.1, -0.05) is 37.0 Å². The largest absolute Gasteiger partial charge is 0.490 e. The third kappa shape index (κ3) is 5.38. The Hall–Kier alpha value is -0.160. The van der Waals surface area contributed by atoms with E-state index in [1.54, 1.807) is 0 Å². The van der Waals surface area contributed by atoms with Gasteiger partial charge in [0, 0.05) is 10.7 Å². The normalized spacial score (nSPS) is 11.9. The van der Waals surface area contributed by atoms with Gasteiger partial charge in [-0.3, -0.25) is 0 Å². The van der Waals surface area contributed by atoms with Crippen LogP contribution in [-0.4, -0.2) is 15.0 Å². The first-order chi connectivity index (χ1) is 8.71. The van der Waals surface area contributed by atoms with E-state index in [2.05, 4.69) is 13.8 Å². The molecule has 0 radical (unpaired) electrons. The summed E-state index contributed by atoms with van der Waals surface area (Å²) in [6.45, 7) is 4.73. The number of ether oxygens (including phenoxy) is 1. The van der Waals surface area contributed by atoms with Crippen LogP contribution in [0.1, 0.15) is 26.7 Å². The van der Waals surface area contributed by atoms with E-state index >= 15 is 0 Å². The van der Waals surface area contributed by atoms with Gasteiger partial charge in [0.25, 0.3) is 9.05 Å². The van der Waals surface area contributed by atoms with E-state index < -0.39 is 9.05 Å². The lowest BCUT2D eigenvalue weighted by Crippen LogP contribution is -2.01. The molecular formula is C12H15Cl3O3S. The van der Waals surface area contributed by atoms with Gasteiger partial charge in [-0.15, -0.1) is 0 Å². The molecule has 0 spiro atoms. The molecule has 0 atom stereocenters. The van der Waals surface area contributed by atoms with Crippen LogP contribution in [0.3, 0.4) is 0 Å². The van der Waals surface area contributed by atoms with Crippen molar-refractivity contribution in [3.63, 3.8) is 0 Å². The second kappa shape index (κ2) is 7.02. The molecule has 0 saturated carbocycles. The average molecular weight is 346 g/mol. The minimum absolute atomic E-state index is 0.135. The molecular weight excluding hydrogens is 331 g/mol. The maximum absolute atomic E-state index is 11.2. The lowest BCUT2D eigenvalue weighted by atomic mass is 10.1. The quantitative estimate of drug-likeness (QED) is 0.552. The highest BCUT2D eigenvalue weighted by Crippen LogP contribution is 2.36. The van der Waals surface area contributed by atoms with Gasteiger partial charge in [-0.05, 0) is 30.9 Å². The summed E-state index contributed by atoms with van der Waals surface area (Å²) in [5.41, 5.74) is 0. The van der Waals surface area contributed by atoms with Crippen LogP contribution < -0.4 is 4.74 Å². The summed E-state index contributed by atoms with van der Waals surface area (Å²) in [4.78, 5) is -0.140. The Morgan fingerprint density at radius 3 is 2.16 bits per heavy atom. The Morgan fingerprint density at radius 1 is 1.21 bits per heavy atom. The van der Waals surface area contributed by atoms with Crippen LogP contribution >= 0.6 is 33.9 Å². The van der Waals surface area contributed by atoms with Gasteiger partial charge in [0.05, 0.1) is 21.5 Å². The van der Waals surface area contributed by atoms with Crippen molar-refractivity contribution in [2.75, 3.05) is 6.61 Å². The SMILES string of the molecule is CC(C)CCCOc1c(Cl)cc(S(=O)(=O)Cl)cc1Cl. The second-order valence-electron chi connectivity index (χ2n) is 4.54. The summed E-state index contributed by atoms with van der Waals surface area (Å²) in [5, 5.41) is 0.271. The van der Waals surface area contributed by atoms with Crippen molar-refractivity contribution in [1.82, 2.24) is 0 Å². The Labute approximate surface area is 128 Å². The smallest absolute Gasteiger partial charge is 0.261 e. The van der Waals surface area contributed by atoms with E-state index in [0.29, 0.717) is 12.5 Å². The summed E-state index contributed by atoms with van der Waals surface area (Å²) in [5.74, 6) is 0.884. The van der Waals surface area contributed by atoms with Crippen LogP contribution in [0.2, 0.25) is 10.0 Å². The maximum Gasteiger partial charge on any atom is 0.261 e. The fourth-order valence-corrected chi connectivity index (χ4v) is 2.99. The zero-order valence-corrected chi connectivity index (χ0v) is 13.7. The molecule has 0 aliphatic carbocycles. The molecule has 0 aliphatic heterocycles. The van der Waals surface area contributed by atoms with Gasteiger partial charge in [-0.2, -0.15) is 0 Å². The molecule has 0 unspecified atom stereocenters. The molecule has 0 bridgehead atoms. The molecule has 0 heterocycles. The van der Waals surface area contributed by atoms with E-state index in [-0.39, 0.29) is 20.7 Å². The van der Waals surface area contributed by atoms with E-state index in [1.165, 1.54) is 12.1 Å². The van der Waals surface area contributed by atoms with Crippen molar-refractivity contribution in [2.45, 2.75) is 31.6 Å². The van der Waals surface area contributed by atoms with Crippen molar-refractivity contribution in [3.8, 4) is 5.75 Å². The van der Waals surface area contributed by atoms with Gasteiger partial charge in [0.1, 0.15) is 0 Å². The summed E-state index contributed by atoms with van der Waals surface area (Å²) < 4.78 is 27.9. The maximum atomic E-state index is 11.2. The van der Waals surface area contributed by atoms with E-state index in [0.717, 1.165) is 12.8 Å². The first-order valence-corrected chi connectivity index (χ1v) is 8.85. The topological polar surface area (TPSA) is 43.4 Å². The molecule has 7 heteroatoms. The third-order valence-electron chi connectivity index (χ3n) is 2.43. The molecule has 1 aromatic carbocycles. The third-order valence-corrected chi connectivity index (χ3v) is 4.32. The lowest BCUT2D eigenvalue weighted by Gasteiger charge is -2.11. The molecule has 0 amide bonds. The predicted octanol–water partition coefficient (Wildman–Crippen LogP) is 4.74. The van der Waals surface area contributed by atoms with Gasteiger partial charge in [0.2, 0.25) is 0 Å². The van der Waals surface area contributed by atoms with Crippen LogP contribution in [0.15, 0.2) is 17.0 Å². The fourth-order valence-electron chi connectivity index (χ4n) is 1.48. The first kappa shape index (κ1) is 16.9. The molecule has 108 valence electrons. The molecule has 0 N–H and O–H groups in total. The number of halogens is 3. The summed E-state index contributed by atoms with van der Waals surface area (Å²) in [6.07, 6.45) is 1.91. The average Bonchev–Trinajstić information content (AvgIpc) is 2.25. The van der Waals surface area contributed by atoms with Crippen LogP contribution in [0.25, 0.3) is 0 Å². The molecule has 3 nitrogen and oxygen atoms in total. The fraction of sp³-hybridized carbons (Fsp3) is 0.500. The standard InChI is InChI=1S/C12H15Cl3O3S/c1-8(2)4-3-5-18-12-10(13)6-9(7-11(12)14)19(15,16)17/h6-8H,3-5H2,1-2H3. The zero-order chi connectivity index (χ0) is 14.6. The van der Waals surface area contributed by atoms with Gasteiger partial charge in [-0.25, -0.2) is 8.42 Å². The predicted molar refractivity (Wildman–Crippen MR) is 79.1 cm³/mol. The number of benzene rings is 1. The molecule has 1 aromatic rings. The molecule has 0 fully saturated rings. The van der Waals surface area contributed by atoms with Crippen molar-refractivity contribution >= 4 is 42.9 Å². The molecule has 0 saturated heterocycles. The zero-order valence-electron chi connectivity index (χ0n) is 10.6. The Balaban J connectivity index is 2.81. The second-order valence-corrected chi connectivity index (χ2v) is 7.92. The van der Waals surface area contributed by atoms with Crippen LogP contribution in [0, 0.1) is 5.92 Å². The minimum Gasteiger partial charge on any atom is -0.490 e. The monoisotopic (exact) mass is 344 g/mol. The number of hydrogen-bond donors (Lipinski definition) is 0. The van der Waals surface area contributed by atoms with Crippen LogP contribution in [0.4, 0.5) is 0 Å². The summed E-state index contributed by atoms with van der Waals surface area (Å²) in [7, 11) is 1.38. The summed E-state index contributed by atoms with van der Waals surface area (Å²) in [6, 6.07) is 2.46. The molecule has 0 aromatic heterocycles. The highest BCUT2D eigenvalue weighted by Gasteiger charge is 2.16. The van der Waals surface area contributed by atoms with E-state index in [9.17, 15) is 8.42 Å². The Bertz CT molecular complexity index is 518. The molecule has 1 rings (SSSR count). The number of rotatable bonds is 6. The van der Waals surface area contributed by atoms with Gasteiger partial charge in [0.15, 0.2) is 5.75 Å².